The third-order valence-electron chi connectivity index (χ3n) is 1.78. The van der Waals surface area contributed by atoms with Crippen LogP contribution in [0, 0.1) is 0 Å². The summed E-state index contributed by atoms with van der Waals surface area (Å²) < 4.78 is 10.7. The van der Waals surface area contributed by atoms with Crippen molar-refractivity contribution in [3.63, 3.8) is 0 Å². The molecule has 0 aliphatic heterocycles. The predicted molar refractivity (Wildman–Crippen MR) is 64.3 cm³/mol. The fraction of sp³-hybridized carbons (Fsp3) is 0.300. The van der Waals surface area contributed by atoms with Crippen LogP contribution in [-0.2, 0) is 16.0 Å². The van der Waals surface area contributed by atoms with Gasteiger partial charge in [-0.3, -0.25) is 4.79 Å². The van der Waals surface area contributed by atoms with Gasteiger partial charge in [-0.25, -0.2) is 0 Å². The Bertz CT molecular complexity index is 353. The highest BCUT2D eigenvalue weighted by molar-refractivity contribution is 9.10. The molecule has 0 saturated heterocycles. The van der Waals surface area contributed by atoms with Crippen LogP contribution in [-0.4, -0.2) is 18.6 Å². The summed E-state index contributed by atoms with van der Waals surface area (Å²) in [4.78, 5) is 11.0. The number of rotatable bonds is 4. The molecule has 1 aromatic rings. The normalized spacial score (nSPS) is 9.80. The molecule has 0 bridgehead atoms. The second-order valence-corrected chi connectivity index (χ2v) is 4.08. The maximum Gasteiger partial charge on any atom is 0.309 e. The number of methoxy groups -OCH3 is 1. The Morgan fingerprint density at radius 3 is 2.73 bits per heavy atom. The van der Waals surface area contributed by atoms with E-state index in [1.807, 2.05) is 18.2 Å². The summed E-state index contributed by atoms with van der Waals surface area (Å²) in [6.07, 6.45) is 0.268. The van der Waals surface area contributed by atoms with Gasteiger partial charge in [-0.15, -0.1) is 0 Å². The molecule has 0 aromatic heterocycles. The number of alkyl halides is 1. The Kier molecular flexibility index (Phi) is 5.11. The molecule has 0 aliphatic carbocycles. The fourth-order valence-corrected chi connectivity index (χ4v) is 1.86. The van der Waals surface area contributed by atoms with Crippen molar-refractivity contribution < 1.29 is 14.3 Å². The number of halogens is 2. The summed E-state index contributed by atoms with van der Waals surface area (Å²) in [5.74, 6) is 0.483. The zero-order valence-corrected chi connectivity index (χ0v) is 11.3. The first-order valence-electron chi connectivity index (χ1n) is 4.21. The molecule has 0 unspecified atom stereocenters. The summed E-state index contributed by atoms with van der Waals surface area (Å²) in [6, 6.07) is 5.48. The van der Waals surface area contributed by atoms with E-state index < -0.39 is 0 Å². The number of hydrogen-bond acceptors (Lipinski definition) is 3. The molecule has 0 spiro atoms. The second kappa shape index (κ2) is 6.12. The van der Waals surface area contributed by atoms with E-state index in [0.29, 0.717) is 5.52 Å². The van der Waals surface area contributed by atoms with Crippen LogP contribution in [0.1, 0.15) is 5.56 Å². The smallest absolute Gasteiger partial charge is 0.309 e. The molecule has 0 fully saturated rings. The highest BCUT2D eigenvalue weighted by Gasteiger charge is 2.06. The predicted octanol–water partition coefficient (Wildman–Crippen LogP) is 2.90. The average molecular weight is 338 g/mol. The molecule has 82 valence electrons. The lowest BCUT2D eigenvalue weighted by Crippen LogP contribution is -2.04. The van der Waals surface area contributed by atoms with Crippen LogP contribution in [0.5, 0.6) is 5.75 Å². The molecule has 0 amide bonds. The Labute approximate surface area is 105 Å². The summed E-state index contributed by atoms with van der Waals surface area (Å²) >= 11 is 6.54. The van der Waals surface area contributed by atoms with E-state index in [-0.39, 0.29) is 12.4 Å². The number of hydrogen-bond donors (Lipinski definition) is 0. The largest absolute Gasteiger partial charge is 0.481 e. The van der Waals surface area contributed by atoms with Crippen LogP contribution < -0.4 is 4.74 Å². The topological polar surface area (TPSA) is 35.5 Å². The average Bonchev–Trinajstić information content (AvgIpc) is 2.22. The van der Waals surface area contributed by atoms with Crippen LogP contribution >= 0.6 is 31.9 Å². The van der Waals surface area contributed by atoms with E-state index in [2.05, 4.69) is 36.6 Å². The molecule has 1 rings (SSSR count). The van der Waals surface area contributed by atoms with Crippen LogP contribution in [0.2, 0.25) is 0 Å². The minimum absolute atomic E-state index is 0.254. The molecule has 0 heterocycles. The van der Waals surface area contributed by atoms with Gasteiger partial charge in [-0.05, 0) is 49.6 Å². The van der Waals surface area contributed by atoms with Crippen LogP contribution in [0.3, 0.4) is 0 Å². The minimum Gasteiger partial charge on any atom is -0.481 e. The van der Waals surface area contributed by atoms with E-state index >= 15 is 0 Å². The lowest BCUT2D eigenvalue weighted by Gasteiger charge is -2.06. The fourth-order valence-electron chi connectivity index (χ4n) is 1.07. The van der Waals surface area contributed by atoms with E-state index in [1.165, 1.54) is 7.11 Å². The van der Waals surface area contributed by atoms with Gasteiger partial charge >= 0.3 is 5.97 Å². The summed E-state index contributed by atoms with van der Waals surface area (Å²) in [5, 5.41) is 0. The van der Waals surface area contributed by atoms with Gasteiger partial charge in [-0.1, -0.05) is 6.07 Å². The maximum atomic E-state index is 11.0. The molecule has 3 nitrogen and oxygen atoms in total. The quantitative estimate of drug-likeness (QED) is 0.626. The Hall–Kier alpha value is -0.550. The minimum atomic E-state index is -0.254. The lowest BCUT2D eigenvalue weighted by atomic mass is 10.1. The van der Waals surface area contributed by atoms with Crippen LogP contribution in [0.4, 0.5) is 0 Å². The third kappa shape index (κ3) is 3.83. The number of ether oxygens (including phenoxy) is 2. The molecule has 0 atom stereocenters. The van der Waals surface area contributed by atoms with Crippen molar-refractivity contribution in [2.45, 2.75) is 6.42 Å². The first-order chi connectivity index (χ1) is 7.17. The van der Waals surface area contributed by atoms with Crippen molar-refractivity contribution in [3.05, 3.63) is 28.2 Å². The number of benzene rings is 1. The molecule has 0 N–H and O–H groups in total. The van der Waals surface area contributed by atoms with E-state index in [0.717, 1.165) is 15.8 Å². The molecule has 15 heavy (non-hydrogen) atoms. The highest BCUT2D eigenvalue weighted by Crippen LogP contribution is 2.26. The van der Waals surface area contributed by atoms with Gasteiger partial charge in [0.2, 0.25) is 0 Å². The summed E-state index contributed by atoms with van der Waals surface area (Å²) in [5.41, 5.74) is 1.32. The van der Waals surface area contributed by atoms with Gasteiger partial charge in [-0.2, -0.15) is 0 Å². The lowest BCUT2D eigenvalue weighted by molar-refractivity contribution is -0.139. The Balaban J connectivity index is 2.77. The Morgan fingerprint density at radius 1 is 1.47 bits per heavy atom. The first-order valence-corrected chi connectivity index (χ1v) is 6.13. The molecule has 1 aromatic carbocycles. The summed E-state index contributed by atoms with van der Waals surface area (Å²) in [7, 11) is 1.37. The van der Waals surface area contributed by atoms with Gasteiger partial charge in [0.25, 0.3) is 0 Å². The molecule has 0 saturated carbocycles. The van der Waals surface area contributed by atoms with Crippen LogP contribution in [0.25, 0.3) is 0 Å². The van der Waals surface area contributed by atoms with Crippen molar-refractivity contribution in [2.75, 3.05) is 12.6 Å². The first kappa shape index (κ1) is 12.5. The monoisotopic (exact) mass is 336 g/mol. The van der Waals surface area contributed by atoms with E-state index in [4.69, 9.17) is 4.74 Å². The molecule has 0 aliphatic rings. The number of carbonyl (C=O) groups is 1. The van der Waals surface area contributed by atoms with Crippen molar-refractivity contribution in [3.8, 4) is 5.75 Å². The second-order valence-electron chi connectivity index (χ2n) is 2.77. The maximum absolute atomic E-state index is 11.0. The SMILES string of the molecule is COC(=O)Cc1ccc(OCBr)c(Br)c1. The zero-order valence-electron chi connectivity index (χ0n) is 8.13. The van der Waals surface area contributed by atoms with Crippen molar-refractivity contribution >= 4 is 37.8 Å². The standard InChI is InChI=1S/C10H10Br2O3/c1-14-10(13)5-7-2-3-9(15-6-11)8(12)4-7/h2-4H,5-6H2,1H3. The molecule has 5 heteroatoms. The number of carbonyl (C=O) groups excluding carboxylic acids is 1. The molecule has 0 radical (unpaired) electrons. The molecular formula is C10H10Br2O3. The van der Waals surface area contributed by atoms with Gasteiger partial charge in [0, 0.05) is 0 Å². The van der Waals surface area contributed by atoms with Crippen molar-refractivity contribution in [1.29, 1.82) is 0 Å². The zero-order chi connectivity index (χ0) is 11.3. The third-order valence-corrected chi connectivity index (χ3v) is 2.63. The van der Waals surface area contributed by atoms with Crippen molar-refractivity contribution in [1.82, 2.24) is 0 Å². The van der Waals surface area contributed by atoms with Crippen molar-refractivity contribution in [2.24, 2.45) is 0 Å². The van der Waals surface area contributed by atoms with Gasteiger partial charge in [0.05, 0.1) is 18.0 Å². The van der Waals surface area contributed by atoms with E-state index in [1.54, 1.807) is 0 Å². The number of esters is 1. The highest BCUT2D eigenvalue weighted by atomic mass is 79.9. The van der Waals surface area contributed by atoms with Gasteiger partial charge in [0.1, 0.15) is 11.3 Å². The van der Waals surface area contributed by atoms with Gasteiger partial charge in [0.15, 0.2) is 0 Å². The summed E-state index contributed by atoms with van der Waals surface area (Å²) in [6.45, 7) is 0. The van der Waals surface area contributed by atoms with Gasteiger partial charge < -0.3 is 9.47 Å². The van der Waals surface area contributed by atoms with Crippen LogP contribution in [0.15, 0.2) is 22.7 Å². The Morgan fingerprint density at radius 2 is 2.20 bits per heavy atom. The molecular weight excluding hydrogens is 328 g/mol. The van der Waals surface area contributed by atoms with E-state index in [9.17, 15) is 4.79 Å².